The van der Waals surface area contributed by atoms with Crippen molar-refractivity contribution in [1.82, 2.24) is 0 Å². The largest absolute Gasteiger partial charge is 0.365 e. The summed E-state index contributed by atoms with van der Waals surface area (Å²) in [5, 5.41) is 0. The number of rotatable bonds is 9. The van der Waals surface area contributed by atoms with Gasteiger partial charge in [-0.2, -0.15) is 0 Å². The summed E-state index contributed by atoms with van der Waals surface area (Å²) in [7, 11) is 1.60. The van der Waals surface area contributed by atoms with Gasteiger partial charge in [0.1, 0.15) is 6.10 Å². The minimum Gasteiger partial charge on any atom is -0.365 e. The summed E-state index contributed by atoms with van der Waals surface area (Å²) in [5.41, 5.74) is 0. The molecule has 0 N–H and O–H groups in total. The average Bonchev–Trinajstić information content (AvgIpc) is 2.84. The summed E-state index contributed by atoms with van der Waals surface area (Å²) < 4.78 is 17.1. The predicted octanol–water partition coefficient (Wildman–Crippen LogP) is 4.46. The molecule has 0 amide bonds. The lowest BCUT2D eigenvalue weighted by Gasteiger charge is -2.16. The number of ether oxygens (including phenoxy) is 3. The van der Waals surface area contributed by atoms with Gasteiger partial charge < -0.3 is 14.2 Å². The lowest BCUT2D eigenvalue weighted by molar-refractivity contribution is -0.146. The molecule has 0 bridgehead atoms. The molecule has 0 spiro atoms. The third-order valence-electron chi connectivity index (χ3n) is 4.01. The molecule has 0 aliphatic carbocycles. The van der Waals surface area contributed by atoms with Gasteiger partial charge in [0.25, 0.3) is 0 Å². The maximum Gasteiger partial charge on any atom is 0.163 e. The Morgan fingerprint density at radius 2 is 1.83 bits per heavy atom. The van der Waals surface area contributed by atoms with Crippen LogP contribution in [0.15, 0.2) is 12.7 Å². The third kappa shape index (κ3) is 8.02. The van der Waals surface area contributed by atoms with E-state index in [-0.39, 0.29) is 18.3 Å². The van der Waals surface area contributed by atoms with Gasteiger partial charge in [-0.1, -0.05) is 63.5 Å². The van der Waals surface area contributed by atoms with Crippen LogP contribution in [0.2, 0.25) is 0 Å². The van der Waals surface area contributed by atoms with Gasteiger partial charge in [0.2, 0.25) is 0 Å². The van der Waals surface area contributed by atoms with Crippen molar-refractivity contribution in [2.24, 2.45) is 0 Å². The van der Waals surface area contributed by atoms with E-state index >= 15 is 0 Å². The molecule has 0 unspecified atom stereocenters. The van der Waals surface area contributed by atoms with E-state index in [0.717, 1.165) is 6.42 Å². The second-order valence-corrected chi connectivity index (χ2v) is 6.58. The Morgan fingerprint density at radius 1 is 1.12 bits per heavy atom. The van der Waals surface area contributed by atoms with E-state index in [1.165, 1.54) is 32.1 Å². The van der Waals surface area contributed by atoms with Gasteiger partial charge in [0.05, 0.1) is 12.2 Å². The fraction of sp³-hybridized carbons (Fsp3) is 0.714. The van der Waals surface area contributed by atoms with Crippen molar-refractivity contribution < 1.29 is 14.2 Å². The maximum atomic E-state index is 6.04. The standard InChI is InChI=1S/C21H32O3/c1-6-8-9-10-13-16-19-20(24-21(3,4)23-19)17-14-11-12-15-18(7-2)22-5/h7,18-20H,2,6,8-10,13,16-17H2,1,3-5H3/t18-,19+,20+/m0/s1. The summed E-state index contributed by atoms with van der Waals surface area (Å²) in [5.74, 6) is 11.1. The van der Waals surface area contributed by atoms with Crippen molar-refractivity contribution in [1.29, 1.82) is 0 Å². The first-order valence-corrected chi connectivity index (χ1v) is 9.01. The number of hydrogen-bond acceptors (Lipinski definition) is 3. The second kappa shape index (κ2) is 11.3. The average molecular weight is 332 g/mol. The van der Waals surface area contributed by atoms with Gasteiger partial charge >= 0.3 is 0 Å². The van der Waals surface area contributed by atoms with Crippen LogP contribution < -0.4 is 0 Å². The highest BCUT2D eigenvalue weighted by molar-refractivity contribution is 5.29. The summed E-state index contributed by atoms with van der Waals surface area (Å²) in [4.78, 5) is 0. The van der Waals surface area contributed by atoms with Gasteiger partial charge in [-0.3, -0.25) is 0 Å². The first-order valence-electron chi connectivity index (χ1n) is 9.01. The van der Waals surface area contributed by atoms with Crippen molar-refractivity contribution in [3.05, 3.63) is 12.7 Å². The van der Waals surface area contributed by atoms with Gasteiger partial charge in [-0.25, -0.2) is 0 Å². The molecule has 1 heterocycles. The van der Waals surface area contributed by atoms with Crippen molar-refractivity contribution in [2.75, 3.05) is 7.11 Å². The van der Waals surface area contributed by atoms with E-state index in [1.54, 1.807) is 13.2 Å². The summed E-state index contributed by atoms with van der Waals surface area (Å²) in [6.45, 7) is 9.83. The van der Waals surface area contributed by atoms with Crippen LogP contribution in [0.1, 0.15) is 65.7 Å². The highest BCUT2D eigenvalue weighted by atomic mass is 16.7. The fourth-order valence-corrected chi connectivity index (χ4v) is 2.79. The molecule has 3 atom stereocenters. The van der Waals surface area contributed by atoms with Gasteiger partial charge in [0.15, 0.2) is 5.79 Å². The van der Waals surface area contributed by atoms with Crippen molar-refractivity contribution in [2.45, 2.75) is 89.8 Å². The minimum absolute atomic E-state index is 0.0260. The van der Waals surface area contributed by atoms with Crippen LogP contribution in [0.5, 0.6) is 0 Å². The topological polar surface area (TPSA) is 27.7 Å². The lowest BCUT2D eigenvalue weighted by atomic mass is 10.0. The van der Waals surface area contributed by atoms with Crippen LogP contribution in [0.4, 0.5) is 0 Å². The van der Waals surface area contributed by atoms with E-state index in [4.69, 9.17) is 14.2 Å². The van der Waals surface area contributed by atoms with E-state index in [1.807, 2.05) is 13.8 Å². The Hall–Kier alpha value is -1.26. The molecule has 1 aliphatic rings. The Morgan fingerprint density at radius 3 is 2.50 bits per heavy atom. The SMILES string of the molecule is C=C[C@@H](C#CC#CC[C@H]1OC(C)(C)O[C@@H]1CCCCCCC)OC. The van der Waals surface area contributed by atoms with Crippen LogP contribution in [0.25, 0.3) is 0 Å². The van der Waals surface area contributed by atoms with E-state index in [0.29, 0.717) is 6.42 Å². The van der Waals surface area contributed by atoms with Crippen molar-refractivity contribution in [3.63, 3.8) is 0 Å². The quantitative estimate of drug-likeness (QED) is 0.354. The van der Waals surface area contributed by atoms with Gasteiger partial charge in [-0.05, 0) is 32.1 Å². The van der Waals surface area contributed by atoms with E-state index < -0.39 is 5.79 Å². The molecule has 1 aliphatic heterocycles. The fourth-order valence-electron chi connectivity index (χ4n) is 2.79. The molecule has 3 heteroatoms. The molecule has 0 aromatic carbocycles. The second-order valence-electron chi connectivity index (χ2n) is 6.58. The molecule has 0 aromatic rings. The Kier molecular flexibility index (Phi) is 9.80. The number of unbranched alkanes of at least 4 members (excludes halogenated alkanes) is 4. The molecular formula is C21H32O3. The molecule has 3 nitrogen and oxygen atoms in total. The first kappa shape index (κ1) is 20.8. The van der Waals surface area contributed by atoms with Crippen LogP contribution in [0.3, 0.4) is 0 Å². The molecule has 24 heavy (non-hydrogen) atoms. The Balaban J connectivity index is 2.46. The Labute approximate surface area is 148 Å². The molecule has 1 rings (SSSR count). The highest BCUT2D eigenvalue weighted by Crippen LogP contribution is 2.32. The van der Waals surface area contributed by atoms with Crippen LogP contribution in [-0.2, 0) is 14.2 Å². The lowest BCUT2D eigenvalue weighted by Crippen LogP contribution is -2.21. The highest BCUT2D eigenvalue weighted by Gasteiger charge is 2.40. The molecule has 134 valence electrons. The number of methoxy groups -OCH3 is 1. The number of hydrogen-bond donors (Lipinski definition) is 0. The predicted molar refractivity (Wildman–Crippen MR) is 98.4 cm³/mol. The normalized spacial score (nSPS) is 22.8. The van der Waals surface area contributed by atoms with E-state index in [2.05, 4.69) is 37.2 Å². The third-order valence-corrected chi connectivity index (χ3v) is 4.01. The van der Waals surface area contributed by atoms with Crippen LogP contribution in [-0.4, -0.2) is 31.2 Å². The van der Waals surface area contributed by atoms with Gasteiger partial charge in [0, 0.05) is 13.5 Å². The Bertz CT molecular complexity index is 487. The zero-order chi connectivity index (χ0) is 17.8. The molecule has 1 saturated heterocycles. The van der Waals surface area contributed by atoms with E-state index in [9.17, 15) is 0 Å². The van der Waals surface area contributed by atoms with Gasteiger partial charge in [-0.15, -0.1) is 0 Å². The summed E-state index contributed by atoms with van der Waals surface area (Å²) >= 11 is 0. The molecule has 1 fully saturated rings. The van der Waals surface area contributed by atoms with Crippen molar-refractivity contribution >= 4 is 0 Å². The molecule has 0 saturated carbocycles. The molecule has 0 aromatic heterocycles. The monoisotopic (exact) mass is 332 g/mol. The zero-order valence-corrected chi connectivity index (χ0v) is 15.7. The van der Waals surface area contributed by atoms with Crippen LogP contribution in [0, 0.1) is 23.7 Å². The summed E-state index contributed by atoms with van der Waals surface area (Å²) in [6, 6.07) is 0. The zero-order valence-electron chi connectivity index (χ0n) is 15.7. The van der Waals surface area contributed by atoms with Crippen LogP contribution >= 0.6 is 0 Å². The maximum absolute atomic E-state index is 6.04. The summed E-state index contributed by atoms with van der Waals surface area (Å²) in [6.07, 6.45) is 9.55. The minimum atomic E-state index is -0.518. The molecular weight excluding hydrogens is 300 g/mol. The first-order chi connectivity index (χ1) is 11.5. The smallest absolute Gasteiger partial charge is 0.163 e. The van der Waals surface area contributed by atoms with Crippen molar-refractivity contribution in [3.8, 4) is 23.7 Å². The molecule has 0 radical (unpaired) electrons.